The van der Waals surface area contributed by atoms with E-state index in [2.05, 4.69) is 19.8 Å². The second kappa shape index (κ2) is 9.89. The van der Waals surface area contributed by atoms with Crippen molar-refractivity contribution in [3.8, 4) is 17.4 Å². The van der Waals surface area contributed by atoms with Gasteiger partial charge in [-0.2, -0.15) is 22.0 Å². The smallest absolute Gasteiger partial charge is 0.422 e. The highest BCUT2D eigenvalue weighted by Crippen LogP contribution is 2.29. The molecule has 0 radical (unpaired) electrons. The van der Waals surface area contributed by atoms with Crippen LogP contribution in [0, 0.1) is 0 Å². The molecular weight excluding hydrogens is 403 g/mol. The number of benzene rings is 1. The first-order valence-corrected chi connectivity index (χ1v) is 8.23. The maximum Gasteiger partial charge on any atom is 0.422 e. The molecule has 0 bridgehead atoms. The molecule has 1 heterocycles. The minimum absolute atomic E-state index is 0.103. The van der Waals surface area contributed by atoms with E-state index in [0.717, 1.165) is 12.3 Å². The third kappa shape index (κ3) is 7.43. The molecule has 29 heavy (non-hydrogen) atoms. The minimum Gasteiger partial charge on any atom is -0.493 e. The lowest BCUT2D eigenvalue weighted by atomic mass is 10.1. The predicted molar refractivity (Wildman–Crippen MR) is 91.5 cm³/mol. The molecule has 2 aromatic rings. The SMILES string of the molecule is COc1cc(CCNC(=O)c2ccc(OCC(F)(F)F)nc2)ccc1OC(F)F. The molecule has 0 aliphatic carbocycles. The molecule has 1 amide bonds. The third-order valence-electron chi connectivity index (χ3n) is 3.53. The monoisotopic (exact) mass is 420 g/mol. The summed E-state index contributed by atoms with van der Waals surface area (Å²) >= 11 is 0. The Balaban J connectivity index is 1.86. The van der Waals surface area contributed by atoms with Gasteiger partial charge in [0.2, 0.25) is 5.88 Å². The Hall–Kier alpha value is -3.11. The van der Waals surface area contributed by atoms with Crippen LogP contribution < -0.4 is 19.5 Å². The van der Waals surface area contributed by atoms with E-state index in [9.17, 15) is 26.7 Å². The van der Waals surface area contributed by atoms with Gasteiger partial charge in [0.15, 0.2) is 18.1 Å². The molecule has 0 unspecified atom stereocenters. The van der Waals surface area contributed by atoms with Crippen molar-refractivity contribution in [2.45, 2.75) is 19.2 Å². The van der Waals surface area contributed by atoms with Crippen LogP contribution in [0.15, 0.2) is 36.5 Å². The number of alkyl halides is 5. The molecular formula is C18H17F5N2O4. The molecule has 6 nitrogen and oxygen atoms in total. The zero-order chi connectivity index (χ0) is 21.4. The fraction of sp³-hybridized carbons (Fsp3) is 0.333. The number of hydrogen-bond donors (Lipinski definition) is 1. The second-order valence-electron chi connectivity index (χ2n) is 5.66. The van der Waals surface area contributed by atoms with Crippen LogP contribution in [-0.2, 0) is 6.42 Å². The Bertz CT molecular complexity index is 813. The van der Waals surface area contributed by atoms with E-state index in [0.29, 0.717) is 12.0 Å². The average Bonchev–Trinajstić information content (AvgIpc) is 2.66. The van der Waals surface area contributed by atoms with Crippen LogP contribution in [0.5, 0.6) is 17.4 Å². The molecule has 0 aliphatic heterocycles. The van der Waals surface area contributed by atoms with Gasteiger partial charge >= 0.3 is 12.8 Å². The summed E-state index contributed by atoms with van der Waals surface area (Å²) in [5.74, 6) is -0.705. The Morgan fingerprint density at radius 1 is 1.17 bits per heavy atom. The molecule has 158 valence electrons. The first-order chi connectivity index (χ1) is 13.7. The fourth-order valence-corrected chi connectivity index (χ4v) is 2.24. The minimum atomic E-state index is -4.48. The van der Waals surface area contributed by atoms with Crippen molar-refractivity contribution in [2.75, 3.05) is 20.3 Å². The van der Waals surface area contributed by atoms with Crippen molar-refractivity contribution < 1.29 is 41.0 Å². The van der Waals surface area contributed by atoms with Gasteiger partial charge in [-0.25, -0.2) is 4.98 Å². The summed E-state index contributed by atoms with van der Waals surface area (Å²) in [5.41, 5.74) is 0.848. The van der Waals surface area contributed by atoms with Crippen molar-refractivity contribution in [1.29, 1.82) is 0 Å². The number of aromatic nitrogens is 1. The number of halogens is 5. The number of pyridine rings is 1. The molecule has 0 saturated carbocycles. The molecule has 2 rings (SSSR count). The van der Waals surface area contributed by atoms with Crippen LogP contribution in [0.2, 0.25) is 0 Å². The summed E-state index contributed by atoms with van der Waals surface area (Å²) in [4.78, 5) is 15.7. The summed E-state index contributed by atoms with van der Waals surface area (Å²) in [6, 6.07) is 6.85. The van der Waals surface area contributed by atoms with Gasteiger partial charge in [0, 0.05) is 18.8 Å². The maximum absolute atomic E-state index is 12.3. The van der Waals surface area contributed by atoms with Gasteiger partial charge in [0.05, 0.1) is 12.7 Å². The van der Waals surface area contributed by atoms with Crippen molar-refractivity contribution >= 4 is 5.91 Å². The van der Waals surface area contributed by atoms with Crippen LogP contribution in [0.4, 0.5) is 22.0 Å². The Morgan fingerprint density at radius 3 is 2.52 bits per heavy atom. The highest BCUT2D eigenvalue weighted by atomic mass is 19.4. The van der Waals surface area contributed by atoms with Crippen molar-refractivity contribution in [2.24, 2.45) is 0 Å². The summed E-state index contributed by atoms with van der Waals surface area (Å²) in [5, 5.41) is 2.62. The van der Waals surface area contributed by atoms with E-state index < -0.39 is 25.3 Å². The van der Waals surface area contributed by atoms with Gasteiger partial charge in [-0.05, 0) is 30.2 Å². The van der Waals surface area contributed by atoms with Crippen LogP contribution in [0.25, 0.3) is 0 Å². The highest BCUT2D eigenvalue weighted by molar-refractivity contribution is 5.93. The third-order valence-corrected chi connectivity index (χ3v) is 3.53. The van der Waals surface area contributed by atoms with Crippen LogP contribution in [-0.4, -0.2) is 43.9 Å². The van der Waals surface area contributed by atoms with E-state index in [4.69, 9.17) is 4.74 Å². The molecule has 0 atom stereocenters. The number of nitrogens with zero attached hydrogens (tertiary/aromatic N) is 1. The normalized spacial score (nSPS) is 11.3. The topological polar surface area (TPSA) is 69.7 Å². The molecule has 0 saturated heterocycles. The van der Waals surface area contributed by atoms with Gasteiger partial charge in [-0.3, -0.25) is 4.79 Å². The van der Waals surface area contributed by atoms with Crippen molar-refractivity contribution in [1.82, 2.24) is 10.3 Å². The Kier molecular flexibility index (Phi) is 7.57. The van der Waals surface area contributed by atoms with E-state index >= 15 is 0 Å². The van der Waals surface area contributed by atoms with Gasteiger partial charge < -0.3 is 19.5 Å². The fourth-order valence-electron chi connectivity index (χ4n) is 2.24. The lowest BCUT2D eigenvalue weighted by molar-refractivity contribution is -0.154. The van der Waals surface area contributed by atoms with Crippen LogP contribution in [0.3, 0.4) is 0 Å². The Morgan fingerprint density at radius 2 is 1.93 bits per heavy atom. The van der Waals surface area contributed by atoms with Crippen molar-refractivity contribution in [3.63, 3.8) is 0 Å². The molecule has 1 N–H and O–H groups in total. The maximum atomic E-state index is 12.3. The quantitative estimate of drug-likeness (QED) is 0.628. The summed E-state index contributed by atoms with van der Waals surface area (Å²) in [6.07, 6.45) is -3.01. The number of hydrogen-bond acceptors (Lipinski definition) is 5. The number of carbonyl (C=O) groups is 1. The number of methoxy groups -OCH3 is 1. The zero-order valence-corrected chi connectivity index (χ0v) is 15.1. The first-order valence-electron chi connectivity index (χ1n) is 8.23. The summed E-state index contributed by atoms with van der Waals surface area (Å²) < 4.78 is 74.7. The highest BCUT2D eigenvalue weighted by Gasteiger charge is 2.28. The second-order valence-corrected chi connectivity index (χ2v) is 5.66. The molecule has 11 heteroatoms. The number of nitrogens with one attached hydrogen (secondary N) is 1. The molecule has 1 aromatic heterocycles. The summed E-state index contributed by atoms with van der Waals surface area (Å²) in [7, 11) is 1.31. The van der Waals surface area contributed by atoms with Crippen molar-refractivity contribution in [3.05, 3.63) is 47.7 Å². The number of rotatable bonds is 9. The number of carbonyl (C=O) groups excluding carboxylic acids is 1. The average molecular weight is 420 g/mol. The zero-order valence-electron chi connectivity index (χ0n) is 15.1. The lowest BCUT2D eigenvalue weighted by Gasteiger charge is -2.12. The standard InChI is InChI=1S/C18H17F5N2O4/c1-27-14-8-11(2-4-13(14)29-17(19)20)6-7-24-16(26)12-3-5-15(25-9-12)28-10-18(21,22)23/h2-5,8-9,17H,6-7,10H2,1H3,(H,24,26). The Labute approximate surface area is 162 Å². The number of amides is 1. The molecule has 0 aliphatic rings. The van der Waals surface area contributed by atoms with E-state index in [-0.39, 0.29) is 29.5 Å². The first kappa shape index (κ1) is 22.2. The van der Waals surface area contributed by atoms with Crippen LogP contribution in [0.1, 0.15) is 15.9 Å². The van der Waals surface area contributed by atoms with E-state index in [1.165, 1.54) is 25.3 Å². The van der Waals surface area contributed by atoms with Gasteiger partial charge in [0.1, 0.15) is 0 Å². The van der Waals surface area contributed by atoms with Gasteiger partial charge in [-0.15, -0.1) is 0 Å². The largest absolute Gasteiger partial charge is 0.493 e. The number of ether oxygens (including phenoxy) is 3. The van der Waals surface area contributed by atoms with E-state index in [1.54, 1.807) is 6.07 Å². The van der Waals surface area contributed by atoms with E-state index in [1.807, 2.05) is 0 Å². The molecule has 0 spiro atoms. The molecule has 0 fully saturated rings. The van der Waals surface area contributed by atoms with Crippen LogP contribution >= 0.6 is 0 Å². The van der Waals surface area contributed by atoms with Gasteiger partial charge in [0.25, 0.3) is 5.91 Å². The predicted octanol–water partition coefficient (Wildman–Crippen LogP) is 3.61. The lowest BCUT2D eigenvalue weighted by Crippen LogP contribution is -2.26. The summed E-state index contributed by atoms with van der Waals surface area (Å²) in [6.45, 7) is -4.24. The molecule has 1 aromatic carbocycles. The van der Waals surface area contributed by atoms with Gasteiger partial charge in [-0.1, -0.05) is 6.07 Å².